The van der Waals surface area contributed by atoms with Crippen molar-refractivity contribution >= 4 is 0 Å². The van der Waals surface area contributed by atoms with E-state index in [-0.39, 0.29) is 11.2 Å². The summed E-state index contributed by atoms with van der Waals surface area (Å²) in [6.45, 7) is 6.37. The van der Waals surface area contributed by atoms with Crippen LogP contribution in [-0.2, 0) is 12.0 Å². The maximum atomic E-state index is 13.5. The Hall–Kier alpha value is -0.890. The van der Waals surface area contributed by atoms with Crippen molar-refractivity contribution in [1.29, 1.82) is 0 Å². The highest BCUT2D eigenvalue weighted by molar-refractivity contribution is 5.29. The number of halogens is 1. The lowest BCUT2D eigenvalue weighted by atomic mass is 9.86. The molecule has 1 aromatic carbocycles. The molecule has 0 aliphatic carbocycles. The maximum absolute atomic E-state index is 13.5. The smallest absolute Gasteiger partial charge is 0.127 e. The van der Waals surface area contributed by atoms with Crippen molar-refractivity contribution in [3.63, 3.8) is 0 Å². The lowest BCUT2D eigenvalue weighted by molar-refractivity contribution is 0.522. The van der Waals surface area contributed by atoms with E-state index in [9.17, 15) is 4.39 Å². The fourth-order valence-electron chi connectivity index (χ4n) is 1.29. The van der Waals surface area contributed by atoms with Gasteiger partial charge in [0.05, 0.1) is 0 Å². The van der Waals surface area contributed by atoms with Crippen LogP contribution in [0.25, 0.3) is 0 Å². The van der Waals surface area contributed by atoms with Crippen molar-refractivity contribution in [2.24, 2.45) is 5.73 Å². The number of hydrogen-bond acceptors (Lipinski definition) is 1. The van der Waals surface area contributed by atoms with Crippen LogP contribution in [0.2, 0.25) is 0 Å². The van der Waals surface area contributed by atoms with Gasteiger partial charge in [-0.3, -0.25) is 0 Å². The van der Waals surface area contributed by atoms with Gasteiger partial charge in [0.1, 0.15) is 5.82 Å². The first-order valence-corrected chi connectivity index (χ1v) is 4.44. The fraction of sp³-hybridized carbons (Fsp3) is 0.455. The van der Waals surface area contributed by atoms with Gasteiger partial charge in [-0.25, -0.2) is 4.39 Å². The third-order valence-electron chi connectivity index (χ3n) is 2.08. The van der Waals surface area contributed by atoms with Gasteiger partial charge in [0.2, 0.25) is 0 Å². The summed E-state index contributed by atoms with van der Waals surface area (Å²) in [6, 6.07) is 5.21. The molecule has 0 aromatic heterocycles. The van der Waals surface area contributed by atoms with Gasteiger partial charge in [-0.15, -0.1) is 0 Å². The van der Waals surface area contributed by atoms with Crippen molar-refractivity contribution < 1.29 is 4.39 Å². The van der Waals surface area contributed by atoms with Crippen LogP contribution >= 0.6 is 0 Å². The molecule has 2 N–H and O–H groups in total. The molecule has 0 bridgehead atoms. The van der Waals surface area contributed by atoms with Crippen molar-refractivity contribution in [3.8, 4) is 0 Å². The predicted octanol–water partition coefficient (Wildman–Crippen LogP) is 2.58. The van der Waals surface area contributed by atoms with Gasteiger partial charge in [0.15, 0.2) is 0 Å². The molecule has 0 aliphatic heterocycles. The summed E-state index contributed by atoms with van der Waals surface area (Å²) in [5.74, 6) is -0.157. The van der Waals surface area contributed by atoms with E-state index >= 15 is 0 Å². The minimum Gasteiger partial charge on any atom is -0.326 e. The van der Waals surface area contributed by atoms with Crippen LogP contribution in [0.4, 0.5) is 4.39 Å². The Morgan fingerprint density at radius 3 is 2.31 bits per heavy atom. The third-order valence-corrected chi connectivity index (χ3v) is 2.08. The summed E-state index contributed by atoms with van der Waals surface area (Å²) < 4.78 is 13.5. The highest BCUT2D eigenvalue weighted by atomic mass is 19.1. The van der Waals surface area contributed by atoms with E-state index in [1.807, 2.05) is 32.9 Å². The second-order valence-electron chi connectivity index (χ2n) is 4.27. The van der Waals surface area contributed by atoms with Gasteiger partial charge >= 0.3 is 0 Å². The summed E-state index contributed by atoms with van der Waals surface area (Å²) in [5.41, 5.74) is 6.85. The molecule has 0 unspecified atom stereocenters. The van der Waals surface area contributed by atoms with Gasteiger partial charge in [0.25, 0.3) is 0 Å². The summed E-state index contributed by atoms with van der Waals surface area (Å²) in [4.78, 5) is 0. The van der Waals surface area contributed by atoms with Gasteiger partial charge in [-0.2, -0.15) is 0 Å². The Kier molecular flexibility index (Phi) is 2.71. The van der Waals surface area contributed by atoms with E-state index in [0.29, 0.717) is 6.54 Å². The van der Waals surface area contributed by atoms with Crippen LogP contribution in [0, 0.1) is 5.82 Å². The molecule has 0 fully saturated rings. The molecular formula is C11H16FN. The first kappa shape index (κ1) is 10.2. The Balaban J connectivity index is 3.13. The molecule has 0 amide bonds. The molecule has 0 spiro atoms. The van der Waals surface area contributed by atoms with E-state index in [2.05, 4.69) is 0 Å². The number of nitrogens with two attached hydrogens (primary N) is 1. The minimum absolute atomic E-state index is 0.142. The van der Waals surface area contributed by atoms with Gasteiger partial charge in [-0.05, 0) is 22.6 Å². The second-order valence-corrected chi connectivity index (χ2v) is 4.27. The lowest BCUT2D eigenvalue weighted by Gasteiger charge is -2.19. The molecule has 72 valence electrons. The number of benzene rings is 1. The molecule has 1 nitrogen and oxygen atoms in total. The van der Waals surface area contributed by atoms with Crippen molar-refractivity contribution in [2.75, 3.05) is 0 Å². The number of rotatable bonds is 1. The quantitative estimate of drug-likeness (QED) is 0.708. The maximum Gasteiger partial charge on any atom is 0.127 e. The standard InChI is InChI=1S/C11H16FN/c1-11(2,3)9-5-4-8(7-13)6-10(9)12/h4-6H,7,13H2,1-3H3. The molecule has 1 aromatic rings. The zero-order valence-electron chi connectivity index (χ0n) is 8.39. The van der Waals surface area contributed by atoms with Crippen LogP contribution < -0.4 is 5.73 Å². The van der Waals surface area contributed by atoms with Crippen LogP contribution in [0.15, 0.2) is 18.2 Å². The number of hydrogen-bond donors (Lipinski definition) is 1. The van der Waals surface area contributed by atoms with Crippen LogP contribution in [0.3, 0.4) is 0 Å². The summed E-state index contributed by atoms with van der Waals surface area (Å²) >= 11 is 0. The van der Waals surface area contributed by atoms with Crippen LogP contribution in [0.1, 0.15) is 31.9 Å². The SMILES string of the molecule is CC(C)(C)c1ccc(CN)cc1F. The average molecular weight is 181 g/mol. The van der Waals surface area contributed by atoms with Crippen LogP contribution in [0.5, 0.6) is 0 Å². The zero-order chi connectivity index (χ0) is 10.1. The van der Waals surface area contributed by atoms with Gasteiger partial charge in [-0.1, -0.05) is 32.9 Å². The monoisotopic (exact) mass is 181 g/mol. The van der Waals surface area contributed by atoms with E-state index in [1.54, 1.807) is 0 Å². The highest BCUT2D eigenvalue weighted by Crippen LogP contribution is 2.25. The first-order valence-electron chi connectivity index (χ1n) is 4.44. The molecule has 2 heteroatoms. The molecule has 0 heterocycles. The molecular weight excluding hydrogens is 165 g/mol. The van der Waals surface area contributed by atoms with Gasteiger partial charge < -0.3 is 5.73 Å². The van der Waals surface area contributed by atoms with E-state index < -0.39 is 0 Å². The Labute approximate surface area is 78.8 Å². The Bertz CT molecular complexity index is 299. The third kappa shape index (κ3) is 2.28. The van der Waals surface area contributed by atoms with E-state index in [1.165, 1.54) is 6.07 Å². The summed E-state index contributed by atoms with van der Waals surface area (Å²) in [6.07, 6.45) is 0. The molecule has 0 saturated carbocycles. The molecule has 0 saturated heterocycles. The van der Waals surface area contributed by atoms with E-state index in [0.717, 1.165) is 11.1 Å². The molecule has 0 atom stereocenters. The largest absolute Gasteiger partial charge is 0.326 e. The van der Waals surface area contributed by atoms with Crippen molar-refractivity contribution in [3.05, 3.63) is 35.1 Å². The molecule has 1 rings (SSSR count). The lowest BCUT2D eigenvalue weighted by Crippen LogP contribution is -2.14. The predicted molar refractivity (Wildman–Crippen MR) is 53.0 cm³/mol. The second kappa shape index (κ2) is 3.46. The summed E-state index contributed by atoms with van der Waals surface area (Å²) in [5, 5.41) is 0. The normalized spacial score (nSPS) is 11.8. The topological polar surface area (TPSA) is 26.0 Å². The Morgan fingerprint density at radius 2 is 1.92 bits per heavy atom. The van der Waals surface area contributed by atoms with Gasteiger partial charge in [0, 0.05) is 6.54 Å². The highest BCUT2D eigenvalue weighted by Gasteiger charge is 2.17. The van der Waals surface area contributed by atoms with E-state index in [4.69, 9.17) is 5.73 Å². The van der Waals surface area contributed by atoms with Crippen molar-refractivity contribution in [1.82, 2.24) is 0 Å². The molecule has 0 aliphatic rings. The molecule has 0 radical (unpaired) electrons. The van der Waals surface area contributed by atoms with Crippen LogP contribution in [-0.4, -0.2) is 0 Å². The minimum atomic E-state index is -0.157. The Morgan fingerprint density at radius 1 is 1.31 bits per heavy atom. The van der Waals surface area contributed by atoms with Crippen molar-refractivity contribution in [2.45, 2.75) is 32.7 Å². The fourth-order valence-corrected chi connectivity index (χ4v) is 1.29. The summed E-state index contributed by atoms with van der Waals surface area (Å²) in [7, 11) is 0. The molecule has 13 heavy (non-hydrogen) atoms. The zero-order valence-corrected chi connectivity index (χ0v) is 8.39. The first-order chi connectivity index (χ1) is 5.95. The average Bonchev–Trinajstić information content (AvgIpc) is 2.01.